The molecule has 0 bridgehead atoms. The lowest BCUT2D eigenvalue weighted by Gasteiger charge is -2.34. The van der Waals surface area contributed by atoms with E-state index in [1.807, 2.05) is 48.5 Å². The first-order valence-electron chi connectivity index (χ1n) is 9.31. The van der Waals surface area contributed by atoms with Crippen molar-refractivity contribution in [3.05, 3.63) is 70.8 Å². The minimum atomic E-state index is -0.329. The molecule has 0 N–H and O–H groups in total. The van der Waals surface area contributed by atoms with E-state index in [9.17, 15) is 9.59 Å². The number of rotatable bonds is 2. The summed E-state index contributed by atoms with van der Waals surface area (Å²) >= 11 is 0. The average molecular weight is 357 g/mol. The first-order chi connectivity index (χ1) is 13.2. The number of ketones is 2. The maximum Gasteiger partial charge on any atom is 0.192 e. The van der Waals surface area contributed by atoms with Crippen LogP contribution in [0.25, 0.3) is 5.70 Å². The van der Waals surface area contributed by atoms with Crippen LogP contribution in [0.3, 0.4) is 0 Å². The lowest BCUT2D eigenvalue weighted by Crippen LogP contribution is -2.37. The number of hydrogen-bond donors (Lipinski definition) is 0. The Morgan fingerprint density at radius 1 is 0.926 bits per heavy atom. The highest BCUT2D eigenvalue weighted by Gasteiger charge is 2.46. The van der Waals surface area contributed by atoms with Gasteiger partial charge >= 0.3 is 0 Å². The number of carbonyl (C=O) groups is 2. The van der Waals surface area contributed by atoms with Crippen molar-refractivity contribution in [2.45, 2.75) is 25.2 Å². The van der Waals surface area contributed by atoms with Crippen molar-refractivity contribution in [1.29, 1.82) is 0 Å². The number of allylic oxidation sites excluding steroid dienone is 1. The molecule has 2 atom stereocenters. The summed E-state index contributed by atoms with van der Waals surface area (Å²) in [6.07, 6.45) is 2.21. The highest BCUT2D eigenvalue weighted by atomic mass is 16.5. The maximum absolute atomic E-state index is 13.3. The molecule has 0 spiro atoms. The van der Waals surface area contributed by atoms with Crippen molar-refractivity contribution in [2.24, 2.45) is 10.9 Å². The molecule has 0 aromatic heterocycles. The van der Waals surface area contributed by atoms with Crippen LogP contribution in [0.5, 0.6) is 5.75 Å². The molecule has 0 radical (unpaired) electrons. The Morgan fingerprint density at radius 3 is 2.41 bits per heavy atom. The molecule has 0 unspecified atom stereocenters. The number of carbonyl (C=O) groups excluding carboxylic acids is 2. The Balaban J connectivity index is 1.72. The molecule has 1 heterocycles. The first-order valence-corrected chi connectivity index (χ1v) is 9.31. The van der Waals surface area contributed by atoms with Gasteiger partial charge in [0.05, 0.1) is 18.7 Å². The minimum absolute atomic E-state index is 0.00240. The SMILES string of the molecule is COc1ccc([C@H]2C3=C(N=C4CCCC(=O)[C@H]42)c2ccccc2C3=O)cc1. The van der Waals surface area contributed by atoms with Crippen LogP contribution in [-0.4, -0.2) is 24.4 Å². The molecular formula is C23H19NO3. The predicted octanol–water partition coefficient (Wildman–Crippen LogP) is 4.21. The van der Waals surface area contributed by atoms with Gasteiger partial charge in [0, 0.05) is 34.8 Å². The molecule has 3 aliphatic rings. The second-order valence-electron chi connectivity index (χ2n) is 7.29. The van der Waals surface area contributed by atoms with E-state index in [0.717, 1.165) is 41.1 Å². The van der Waals surface area contributed by atoms with Crippen LogP contribution in [0, 0.1) is 5.92 Å². The summed E-state index contributed by atoms with van der Waals surface area (Å²) in [6, 6.07) is 15.3. The number of ether oxygens (including phenoxy) is 1. The van der Waals surface area contributed by atoms with Gasteiger partial charge in [-0.2, -0.15) is 0 Å². The van der Waals surface area contributed by atoms with E-state index in [0.29, 0.717) is 17.6 Å². The standard InChI is InChI=1S/C23H19NO3/c1-27-14-11-9-13(10-12-14)19-20-17(7-4-8-18(20)25)24-22-15-5-2-3-6-16(15)23(26)21(19)22/h2-3,5-6,9-12,19-20H,4,7-8H2,1H3/t19-,20+/m1/s1. The van der Waals surface area contributed by atoms with Gasteiger partial charge < -0.3 is 4.74 Å². The van der Waals surface area contributed by atoms with Crippen molar-refractivity contribution in [2.75, 3.05) is 7.11 Å². The van der Waals surface area contributed by atoms with E-state index >= 15 is 0 Å². The zero-order valence-corrected chi connectivity index (χ0v) is 15.1. The number of nitrogens with zero attached hydrogens (tertiary/aromatic N) is 1. The molecule has 2 aromatic rings. The summed E-state index contributed by atoms with van der Waals surface area (Å²) in [6.45, 7) is 0. The fraction of sp³-hybridized carbons (Fsp3) is 0.261. The van der Waals surface area contributed by atoms with Gasteiger partial charge in [-0.1, -0.05) is 36.4 Å². The molecule has 27 heavy (non-hydrogen) atoms. The topological polar surface area (TPSA) is 55.7 Å². The highest BCUT2D eigenvalue weighted by molar-refractivity contribution is 6.25. The number of fused-ring (bicyclic) bond motifs is 3. The maximum atomic E-state index is 13.3. The lowest BCUT2D eigenvalue weighted by atomic mass is 9.69. The summed E-state index contributed by atoms with van der Waals surface area (Å²) < 4.78 is 5.27. The molecule has 2 aliphatic carbocycles. The predicted molar refractivity (Wildman–Crippen MR) is 103 cm³/mol. The fourth-order valence-corrected chi connectivity index (χ4v) is 4.62. The van der Waals surface area contributed by atoms with E-state index < -0.39 is 0 Å². The van der Waals surface area contributed by atoms with Gasteiger partial charge in [0.15, 0.2) is 5.78 Å². The van der Waals surface area contributed by atoms with Gasteiger partial charge in [-0.15, -0.1) is 0 Å². The zero-order valence-electron chi connectivity index (χ0n) is 15.1. The normalized spacial score (nSPS) is 23.5. The lowest BCUT2D eigenvalue weighted by molar-refractivity contribution is -0.121. The van der Waals surface area contributed by atoms with E-state index in [1.54, 1.807) is 7.11 Å². The van der Waals surface area contributed by atoms with Crippen LogP contribution in [-0.2, 0) is 4.79 Å². The van der Waals surface area contributed by atoms with Crippen LogP contribution in [0.1, 0.15) is 46.7 Å². The van der Waals surface area contributed by atoms with Gasteiger partial charge in [-0.05, 0) is 30.5 Å². The third-order valence-corrected chi connectivity index (χ3v) is 5.86. The quantitative estimate of drug-likeness (QED) is 0.809. The number of methoxy groups -OCH3 is 1. The van der Waals surface area contributed by atoms with Gasteiger partial charge in [0.25, 0.3) is 0 Å². The zero-order chi connectivity index (χ0) is 18.5. The molecule has 1 saturated carbocycles. The van der Waals surface area contributed by atoms with E-state index in [2.05, 4.69) is 0 Å². The molecule has 134 valence electrons. The molecule has 2 aromatic carbocycles. The van der Waals surface area contributed by atoms with Gasteiger partial charge in [-0.25, -0.2) is 0 Å². The summed E-state index contributed by atoms with van der Waals surface area (Å²) in [4.78, 5) is 31.0. The Labute approximate surface area is 157 Å². The van der Waals surface area contributed by atoms with Gasteiger partial charge in [-0.3, -0.25) is 14.6 Å². The van der Waals surface area contributed by atoms with Gasteiger partial charge in [0.1, 0.15) is 11.5 Å². The van der Waals surface area contributed by atoms with Gasteiger partial charge in [0.2, 0.25) is 0 Å². The highest BCUT2D eigenvalue weighted by Crippen LogP contribution is 2.49. The Kier molecular flexibility index (Phi) is 3.61. The van der Waals surface area contributed by atoms with Crippen molar-refractivity contribution in [1.82, 2.24) is 0 Å². The molecule has 0 amide bonds. The van der Waals surface area contributed by atoms with E-state index in [4.69, 9.17) is 9.73 Å². The molecule has 1 aliphatic heterocycles. The number of benzene rings is 2. The summed E-state index contributed by atoms with van der Waals surface area (Å²) in [5.74, 6) is 0.350. The molecule has 0 saturated heterocycles. The second kappa shape index (κ2) is 6.02. The molecular weight excluding hydrogens is 338 g/mol. The Hall–Kier alpha value is -3.01. The fourth-order valence-electron chi connectivity index (χ4n) is 4.62. The number of aliphatic imine (C=N–C) groups is 1. The van der Waals surface area contributed by atoms with Crippen LogP contribution in [0.15, 0.2) is 59.1 Å². The molecule has 4 nitrogen and oxygen atoms in total. The van der Waals surface area contributed by atoms with Crippen LogP contribution >= 0.6 is 0 Å². The summed E-state index contributed by atoms with van der Waals surface area (Å²) in [5.41, 5.74) is 4.91. The van der Waals surface area contributed by atoms with Crippen molar-refractivity contribution >= 4 is 23.0 Å². The van der Waals surface area contributed by atoms with E-state index in [1.165, 1.54) is 0 Å². The second-order valence-corrected chi connectivity index (χ2v) is 7.29. The molecule has 4 heteroatoms. The first kappa shape index (κ1) is 16.2. The van der Waals surface area contributed by atoms with Crippen LogP contribution in [0.2, 0.25) is 0 Å². The Morgan fingerprint density at radius 2 is 1.67 bits per heavy atom. The van der Waals surface area contributed by atoms with Crippen molar-refractivity contribution < 1.29 is 14.3 Å². The Bertz CT molecular complexity index is 1030. The van der Waals surface area contributed by atoms with E-state index in [-0.39, 0.29) is 23.4 Å². The van der Waals surface area contributed by atoms with Crippen LogP contribution < -0.4 is 4.74 Å². The summed E-state index contributed by atoms with van der Waals surface area (Å²) in [7, 11) is 1.63. The largest absolute Gasteiger partial charge is 0.497 e. The number of hydrogen-bond acceptors (Lipinski definition) is 4. The van der Waals surface area contributed by atoms with Crippen LogP contribution in [0.4, 0.5) is 0 Å². The average Bonchev–Trinajstić information content (AvgIpc) is 2.99. The van der Waals surface area contributed by atoms with Crippen molar-refractivity contribution in [3.8, 4) is 5.75 Å². The summed E-state index contributed by atoms with van der Waals surface area (Å²) in [5, 5.41) is 0. The third kappa shape index (κ3) is 2.33. The monoisotopic (exact) mass is 357 g/mol. The molecule has 5 rings (SSSR count). The number of Topliss-reactive ketones (excluding diaryl/α,β-unsaturated/α-hetero) is 2. The van der Waals surface area contributed by atoms with Crippen molar-refractivity contribution in [3.63, 3.8) is 0 Å². The molecule has 1 fully saturated rings. The minimum Gasteiger partial charge on any atom is -0.497 e. The smallest absolute Gasteiger partial charge is 0.192 e. The third-order valence-electron chi connectivity index (χ3n) is 5.86.